The van der Waals surface area contributed by atoms with Crippen molar-refractivity contribution >= 4 is 16.5 Å². The number of fused-ring (bicyclic) bond motifs is 1. The summed E-state index contributed by atoms with van der Waals surface area (Å²) in [5.74, 6) is 0. The summed E-state index contributed by atoms with van der Waals surface area (Å²) in [6, 6.07) is 5.61. The number of benzene rings is 1. The SMILES string of the molecule is Cc1cc2ccncc2cc1N=O. The van der Waals surface area contributed by atoms with E-state index in [0.717, 1.165) is 16.3 Å². The Bertz CT molecular complexity index is 465. The summed E-state index contributed by atoms with van der Waals surface area (Å²) in [5, 5.41) is 4.97. The fraction of sp³-hybridized carbons (Fsp3) is 0.100. The third-order valence-corrected chi connectivity index (χ3v) is 2.05. The zero-order chi connectivity index (χ0) is 9.26. The molecule has 0 atom stereocenters. The highest BCUT2D eigenvalue weighted by Gasteiger charge is 2.00. The lowest BCUT2D eigenvalue weighted by Crippen LogP contribution is -1.78. The predicted octanol–water partition coefficient (Wildman–Crippen LogP) is 2.94. The normalized spacial score (nSPS) is 10.2. The van der Waals surface area contributed by atoms with Gasteiger partial charge < -0.3 is 0 Å². The Morgan fingerprint density at radius 2 is 2.15 bits per heavy atom. The first-order valence-corrected chi connectivity index (χ1v) is 3.99. The number of nitroso groups, excluding NO2 is 1. The minimum atomic E-state index is 0.487. The Kier molecular flexibility index (Phi) is 1.77. The van der Waals surface area contributed by atoms with Gasteiger partial charge in [-0.3, -0.25) is 4.98 Å². The van der Waals surface area contributed by atoms with Gasteiger partial charge in [0.05, 0.1) is 0 Å². The lowest BCUT2D eigenvalue weighted by molar-refractivity contribution is 1.35. The van der Waals surface area contributed by atoms with Crippen LogP contribution in [0.1, 0.15) is 5.56 Å². The van der Waals surface area contributed by atoms with E-state index >= 15 is 0 Å². The topological polar surface area (TPSA) is 42.3 Å². The van der Waals surface area contributed by atoms with Crippen LogP contribution in [-0.2, 0) is 0 Å². The van der Waals surface area contributed by atoms with Crippen LogP contribution in [-0.4, -0.2) is 4.98 Å². The minimum Gasteiger partial charge on any atom is -0.264 e. The first-order valence-electron chi connectivity index (χ1n) is 3.99. The number of aryl methyl sites for hydroxylation is 1. The smallest absolute Gasteiger partial charge is 0.111 e. The molecule has 0 saturated carbocycles. The van der Waals surface area contributed by atoms with Gasteiger partial charge in [-0.15, -0.1) is 4.91 Å². The highest BCUT2D eigenvalue weighted by Crippen LogP contribution is 2.24. The molecule has 0 amide bonds. The number of nitrogens with zero attached hydrogens (tertiary/aromatic N) is 2. The van der Waals surface area contributed by atoms with Crippen molar-refractivity contribution in [1.82, 2.24) is 4.98 Å². The predicted molar refractivity (Wildman–Crippen MR) is 51.9 cm³/mol. The second-order valence-corrected chi connectivity index (χ2v) is 2.95. The summed E-state index contributed by atoms with van der Waals surface area (Å²) in [5.41, 5.74) is 1.38. The van der Waals surface area contributed by atoms with Gasteiger partial charge in [-0.2, -0.15) is 0 Å². The van der Waals surface area contributed by atoms with Gasteiger partial charge in [0.2, 0.25) is 0 Å². The van der Waals surface area contributed by atoms with E-state index in [1.54, 1.807) is 18.5 Å². The monoisotopic (exact) mass is 172 g/mol. The first-order chi connectivity index (χ1) is 6.31. The standard InChI is InChI=1S/C10H8N2O/c1-7-4-8-2-3-11-6-9(8)5-10(7)12-13/h2-6H,1H3. The molecule has 0 saturated heterocycles. The molecule has 2 rings (SSSR count). The second-order valence-electron chi connectivity index (χ2n) is 2.95. The van der Waals surface area contributed by atoms with Gasteiger partial charge >= 0.3 is 0 Å². The van der Waals surface area contributed by atoms with E-state index in [1.807, 2.05) is 19.1 Å². The lowest BCUT2D eigenvalue weighted by atomic mass is 10.1. The van der Waals surface area contributed by atoms with Crippen LogP contribution in [0.4, 0.5) is 5.69 Å². The molecule has 0 fully saturated rings. The molecule has 0 aliphatic carbocycles. The molecule has 0 radical (unpaired) electrons. The maximum Gasteiger partial charge on any atom is 0.111 e. The maximum atomic E-state index is 10.4. The fourth-order valence-corrected chi connectivity index (χ4v) is 1.34. The second kappa shape index (κ2) is 2.94. The summed E-state index contributed by atoms with van der Waals surface area (Å²) in [6.07, 6.45) is 3.46. The molecule has 1 heterocycles. The molecule has 0 aliphatic heterocycles. The van der Waals surface area contributed by atoms with Crippen molar-refractivity contribution in [2.24, 2.45) is 5.18 Å². The van der Waals surface area contributed by atoms with Gasteiger partial charge in [-0.05, 0) is 41.2 Å². The van der Waals surface area contributed by atoms with Crippen LogP contribution < -0.4 is 0 Å². The minimum absolute atomic E-state index is 0.487. The lowest BCUT2D eigenvalue weighted by Gasteiger charge is -2.00. The maximum absolute atomic E-state index is 10.4. The Balaban J connectivity index is 2.81. The molecule has 0 spiro atoms. The van der Waals surface area contributed by atoms with Crippen LogP contribution in [0.5, 0.6) is 0 Å². The third-order valence-electron chi connectivity index (χ3n) is 2.05. The molecule has 3 nitrogen and oxygen atoms in total. The van der Waals surface area contributed by atoms with E-state index in [9.17, 15) is 4.91 Å². The summed E-state index contributed by atoms with van der Waals surface area (Å²) >= 11 is 0. The van der Waals surface area contributed by atoms with Crippen molar-refractivity contribution in [3.8, 4) is 0 Å². The Morgan fingerprint density at radius 1 is 1.31 bits per heavy atom. The molecule has 0 N–H and O–H groups in total. The van der Waals surface area contributed by atoms with Crippen LogP contribution in [0.3, 0.4) is 0 Å². The average molecular weight is 172 g/mol. The number of pyridine rings is 1. The number of rotatable bonds is 1. The van der Waals surface area contributed by atoms with E-state index in [-0.39, 0.29) is 0 Å². The van der Waals surface area contributed by atoms with Gasteiger partial charge in [-0.25, -0.2) is 0 Å². The van der Waals surface area contributed by atoms with E-state index in [0.29, 0.717) is 5.69 Å². The molecular weight excluding hydrogens is 164 g/mol. The molecule has 64 valence electrons. The van der Waals surface area contributed by atoms with Gasteiger partial charge in [0.15, 0.2) is 0 Å². The molecular formula is C10H8N2O. The third kappa shape index (κ3) is 1.28. The summed E-state index contributed by atoms with van der Waals surface area (Å²) in [4.78, 5) is 14.4. The Morgan fingerprint density at radius 3 is 2.92 bits per heavy atom. The van der Waals surface area contributed by atoms with Crippen molar-refractivity contribution in [3.63, 3.8) is 0 Å². The molecule has 1 aromatic heterocycles. The van der Waals surface area contributed by atoms with Crippen LogP contribution in [0.2, 0.25) is 0 Å². The zero-order valence-corrected chi connectivity index (χ0v) is 7.19. The van der Waals surface area contributed by atoms with Crippen molar-refractivity contribution in [2.45, 2.75) is 6.92 Å². The first kappa shape index (κ1) is 7.86. The van der Waals surface area contributed by atoms with Crippen molar-refractivity contribution in [2.75, 3.05) is 0 Å². The molecule has 0 aliphatic rings. The quantitative estimate of drug-likeness (QED) is 0.620. The van der Waals surface area contributed by atoms with Crippen molar-refractivity contribution < 1.29 is 0 Å². The fourth-order valence-electron chi connectivity index (χ4n) is 1.34. The summed E-state index contributed by atoms with van der Waals surface area (Å²) in [7, 11) is 0. The highest BCUT2D eigenvalue weighted by atomic mass is 16.3. The van der Waals surface area contributed by atoms with Gasteiger partial charge in [-0.1, -0.05) is 0 Å². The van der Waals surface area contributed by atoms with Crippen LogP contribution in [0.15, 0.2) is 35.8 Å². The Labute approximate surface area is 75.4 Å². The van der Waals surface area contributed by atoms with Crippen LogP contribution >= 0.6 is 0 Å². The van der Waals surface area contributed by atoms with Gasteiger partial charge in [0.1, 0.15) is 5.69 Å². The molecule has 1 aromatic carbocycles. The van der Waals surface area contributed by atoms with Crippen molar-refractivity contribution in [1.29, 1.82) is 0 Å². The largest absolute Gasteiger partial charge is 0.264 e. The van der Waals surface area contributed by atoms with Gasteiger partial charge in [0, 0.05) is 17.8 Å². The molecule has 3 heteroatoms. The highest BCUT2D eigenvalue weighted by molar-refractivity contribution is 5.85. The van der Waals surface area contributed by atoms with Crippen molar-refractivity contribution in [3.05, 3.63) is 41.1 Å². The molecule has 0 bridgehead atoms. The van der Waals surface area contributed by atoms with E-state index < -0.39 is 0 Å². The summed E-state index contributed by atoms with van der Waals surface area (Å²) < 4.78 is 0. The van der Waals surface area contributed by atoms with Crippen LogP contribution in [0, 0.1) is 11.8 Å². The summed E-state index contributed by atoms with van der Waals surface area (Å²) in [6.45, 7) is 1.87. The van der Waals surface area contributed by atoms with Gasteiger partial charge in [0.25, 0.3) is 0 Å². The number of hydrogen-bond donors (Lipinski definition) is 0. The average Bonchev–Trinajstić information content (AvgIpc) is 2.17. The van der Waals surface area contributed by atoms with E-state index in [4.69, 9.17) is 0 Å². The Hall–Kier alpha value is -1.77. The molecule has 13 heavy (non-hydrogen) atoms. The molecule has 0 unspecified atom stereocenters. The number of hydrogen-bond acceptors (Lipinski definition) is 3. The van der Waals surface area contributed by atoms with E-state index in [1.165, 1.54) is 0 Å². The zero-order valence-electron chi connectivity index (χ0n) is 7.19. The molecule has 2 aromatic rings. The van der Waals surface area contributed by atoms with Crippen LogP contribution in [0.25, 0.3) is 10.8 Å². The number of aromatic nitrogens is 1. The van der Waals surface area contributed by atoms with E-state index in [2.05, 4.69) is 10.2 Å².